The van der Waals surface area contributed by atoms with Gasteiger partial charge in [0.05, 0.1) is 13.2 Å². The first-order valence-electron chi connectivity index (χ1n) is 4.08. The van der Waals surface area contributed by atoms with E-state index in [0.29, 0.717) is 0 Å². The molecule has 0 atom stereocenters. The summed E-state index contributed by atoms with van der Waals surface area (Å²) in [5.41, 5.74) is 5.37. The molecular weight excluding hydrogens is 161 g/mol. The van der Waals surface area contributed by atoms with Crippen LogP contribution in [0.4, 0.5) is 0 Å². The summed E-state index contributed by atoms with van der Waals surface area (Å²) >= 11 is 0. The molecule has 0 aliphatic carbocycles. The maximum Gasteiger partial charge on any atom is 0.170 e. The second-order valence-corrected chi connectivity index (χ2v) is 3.66. The fraction of sp³-hybridized carbons (Fsp3) is 1.00. The molecule has 0 saturated carbocycles. The van der Waals surface area contributed by atoms with E-state index in [4.69, 9.17) is 14.8 Å². The zero-order valence-corrected chi connectivity index (χ0v) is 8.27. The van der Waals surface area contributed by atoms with Crippen molar-refractivity contribution in [2.45, 2.75) is 20.3 Å². The van der Waals surface area contributed by atoms with Crippen LogP contribution in [-0.2, 0) is 9.05 Å². The largest absolute Gasteiger partial charge is 0.334 e. The van der Waals surface area contributed by atoms with E-state index in [1.807, 2.05) is 13.8 Å². The highest BCUT2D eigenvalue weighted by atomic mass is 31.2. The summed E-state index contributed by atoms with van der Waals surface area (Å²) in [6.45, 7) is 6.15. The van der Waals surface area contributed by atoms with Crippen molar-refractivity contribution in [2.75, 3.05) is 25.9 Å². The minimum atomic E-state index is -0.647. The second kappa shape index (κ2) is 8.41. The van der Waals surface area contributed by atoms with Crippen molar-refractivity contribution in [3.63, 3.8) is 0 Å². The van der Waals surface area contributed by atoms with Gasteiger partial charge in [0, 0.05) is 6.16 Å². The van der Waals surface area contributed by atoms with E-state index in [0.717, 1.165) is 32.3 Å². The van der Waals surface area contributed by atoms with Crippen LogP contribution in [0.3, 0.4) is 0 Å². The van der Waals surface area contributed by atoms with Crippen LogP contribution in [0.1, 0.15) is 20.3 Å². The van der Waals surface area contributed by atoms with Gasteiger partial charge in [0.25, 0.3) is 0 Å². The van der Waals surface area contributed by atoms with Gasteiger partial charge in [0.2, 0.25) is 0 Å². The van der Waals surface area contributed by atoms with Gasteiger partial charge in [-0.15, -0.1) is 0 Å². The van der Waals surface area contributed by atoms with E-state index >= 15 is 0 Å². The quantitative estimate of drug-likeness (QED) is 0.605. The zero-order valence-electron chi connectivity index (χ0n) is 7.38. The van der Waals surface area contributed by atoms with Gasteiger partial charge in [0.15, 0.2) is 8.38 Å². The molecule has 0 aromatic rings. The Balaban J connectivity index is 3.34. The first kappa shape index (κ1) is 11.3. The van der Waals surface area contributed by atoms with Crippen LogP contribution in [0.5, 0.6) is 0 Å². The topological polar surface area (TPSA) is 44.5 Å². The number of nitrogens with two attached hydrogens (primary N) is 1. The molecular formula is C7H18NO2P. The Morgan fingerprint density at radius 1 is 1.18 bits per heavy atom. The minimum absolute atomic E-state index is 0.647. The monoisotopic (exact) mass is 179 g/mol. The number of hydrogen-bond donors (Lipinski definition) is 1. The second-order valence-electron chi connectivity index (χ2n) is 2.03. The molecule has 0 saturated heterocycles. The summed E-state index contributed by atoms with van der Waals surface area (Å²) in [5.74, 6) is 0. The van der Waals surface area contributed by atoms with E-state index in [2.05, 4.69) is 0 Å². The molecule has 0 amide bonds. The fourth-order valence-corrected chi connectivity index (χ4v) is 2.02. The highest BCUT2D eigenvalue weighted by Gasteiger charge is 2.06. The average Bonchev–Trinajstić information content (AvgIpc) is 2.01. The molecule has 68 valence electrons. The van der Waals surface area contributed by atoms with Crippen LogP contribution in [0, 0.1) is 0 Å². The third kappa shape index (κ3) is 6.70. The molecule has 0 aliphatic rings. The molecule has 0 radical (unpaired) electrons. The zero-order chi connectivity index (χ0) is 8.53. The van der Waals surface area contributed by atoms with Crippen molar-refractivity contribution in [1.82, 2.24) is 0 Å². The Kier molecular flexibility index (Phi) is 8.64. The lowest BCUT2D eigenvalue weighted by molar-refractivity contribution is 0.269. The third-order valence-corrected chi connectivity index (χ3v) is 2.86. The van der Waals surface area contributed by atoms with Crippen molar-refractivity contribution < 1.29 is 9.05 Å². The maximum absolute atomic E-state index is 5.37. The summed E-state index contributed by atoms with van der Waals surface area (Å²) in [4.78, 5) is 0. The van der Waals surface area contributed by atoms with E-state index in [1.54, 1.807) is 0 Å². The minimum Gasteiger partial charge on any atom is -0.334 e. The predicted molar refractivity (Wildman–Crippen MR) is 48.7 cm³/mol. The Morgan fingerprint density at radius 3 is 2.09 bits per heavy atom. The molecule has 0 spiro atoms. The summed E-state index contributed by atoms with van der Waals surface area (Å²) in [6.07, 6.45) is 1.96. The Labute approximate surface area is 70.2 Å². The maximum atomic E-state index is 5.37. The Bertz CT molecular complexity index is 76.8. The highest BCUT2D eigenvalue weighted by molar-refractivity contribution is 7.47. The van der Waals surface area contributed by atoms with Crippen molar-refractivity contribution in [2.24, 2.45) is 5.73 Å². The van der Waals surface area contributed by atoms with E-state index in [1.165, 1.54) is 0 Å². The summed E-state index contributed by atoms with van der Waals surface area (Å²) in [7, 11) is -0.647. The van der Waals surface area contributed by atoms with Gasteiger partial charge in [-0.25, -0.2) is 0 Å². The first-order chi connectivity index (χ1) is 5.35. The molecule has 0 bridgehead atoms. The number of rotatable bonds is 7. The van der Waals surface area contributed by atoms with Gasteiger partial charge in [0.1, 0.15) is 0 Å². The Morgan fingerprint density at radius 2 is 1.73 bits per heavy atom. The van der Waals surface area contributed by atoms with Crippen molar-refractivity contribution in [1.29, 1.82) is 0 Å². The molecule has 0 rings (SSSR count). The van der Waals surface area contributed by atoms with Gasteiger partial charge >= 0.3 is 0 Å². The van der Waals surface area contributed by atoms with Gasteiger partial charge < -0.3 is 14.8 Å². The predicted octanol–water partition coefficient (Wildman–Crippen LogP) is 1.72. The van der Waals surface area contributed by atoms with E-state index < -0.39 is 8.38 Å². The van der Waals surface area contributed by atoms with Crippen LogP contribution >= 0.6 is 8.38 Å². The lowest BCUT2D eigenvalue weighted by atomic mass is 10.5. The lowest BCUT2D eigenvalue weighted by Gasteiger charge is -2.14. The smallest absolute Gasteiger partial charge is 0.170 e. The van der Waals surface area contributed by atoms with Crippen LogP contribution in [-0.4, -0.2) is 25.9 Å². The average molecular weight is 179 g/mol. The van der Waals surface area contributed by atoms with Gasteiger partial charge in [-0.05, 0) is 26.8 Å². The van der Waals surface area contributed by atoms with E-state index in [-0.39, 0.29) is 0 Å². The first-order valence-corrected chi connectivity index (χ1v) is 5.44. The van der Waals surface area contributed by atoms with Gasteiger partial charge in [-0.3, -0.25) is 0 Å². The van der Waals surface area contributed by atoms with Crippen LogP contribution in [0.25, 0.3) is 0 Å². The molecule has 0 aliphatic heterocycles. The molecule has 3 nitrogen and oxygen atoms in total. The Hall–Kier alpha value is 0.310. The molecule has 0 aromatic carbocycles. The highest BCUT2D eigenvalue weighted by Crippen LogP contribution is 2.38. The van der Waals surface area contributed by atoms with Gasteiger partial charge in [-0.1, -0.05) is 0 Å². The van der Waals surface area contributed by atoms with Crippen LogP contribution < -0.4 is 5.73 Å². The van der Waals surface area contributed by atoms with Crippen molar-refractivity contribution in [3.8, 4) is 0 Å². The van der Waals surface area contributed by atoms with Crippen molar-refractivity contribution in [3.05, 3.63) is 0 Å². The molecule has 11 heavy (non-hydrogen) atoms. The standard InChI is InChI=1S/C7H18NO2P/c1-3-9-11(10-4-2)7-5-6-8/h3-8H2,1-2H3. The third-order valence-electron chi connectivity index (χ3n) is 1.09. The summed E-state index contributed by atoms with van der Waals surface area (Å²) in [5, 5.41) is 0. The summed E-state index contributed by atoms with van der Waals surface area (Å²) < 4.78 is 10.7. The number of hydrogen-bond acceptors (Lipinski definition) is 3. The summed E-state index contributed by atoms with van der Waals surface area (Å²) in [6, 6.07) is 0. The fourth-order valence-electron chi connectivity index (χ4n) is 0.675. The molecule has 0 fully saturated rings. The van der Waals surface area contributed by atoms with E-state index in [9.17, 15) is 0 Å². The molecule has 0 heterocycles. The molecule has 4 heteroatoms. The lowest BCUT2D eigenvalue weighted by Crippen LogP contribution is -2.03. The van der Waals surface area contributed by atoms with Crippen LogP contribution in [0.2, 0.25) is 0 Å². The normalized spacial score (nSPS) is 10.9. The van der Waals surface area contributed by atoms with Crippen molar-refractivity contribution >= 4 is 8.38 Å². The molecule has 2 N–H and O–H groups in total. The SMILES string of the molecule is CCOP(CCCN)OCC. The molecule has 0 unspecified atom stereocenters. The van der Waals surface area contributed by atoms with Crippen LogP contribution in [0.15, 0.2) is 0 Å². The van der Waals surface area contributed by atoms with Gasteiger partial charge in [-0.2, -0.15) is 0 Å². The molecule has 0 aromatic heterocycles.